The van der Waals surface area contributed by atoms with Crippen LogP contribution in [0.15, 0.2) is 0 Å². The van der Waals surface area contributed by atoms with Crippen LogP contribution in [-0.4, -0.2) is 110 Å². The van der Waals surface area contributed by atoms with Crippen LogP contribution in [0.1, 0.15) is 6.92 Å². The van der Waals surface area contributed by atoms with E-state index in [0.717, 1.165) is 43.8 Å². The number of nitrogens with zero attached hydrogens (tertiary/aromatic N) is 4. The van der Waals surface area contributed by atoms with Gasteiger partial charge in [0.2, 0.25) is 0 Å². The van der Waals surface area contributed by atoms with E-state index >= 15 is 0 Å². The summed E-state index contributed by atoms with van der Waals surface area (Å²) in [6, 6.07) is -0.0105. The Kier molecular flexibility index (Phi) is 4.54. The Balaban J connectivity index is 1.49. The minimum absolute atomic E-state index is 0.0105. The van der Waals surface area contributed by atoms with E-state index in [1.807, 2.05) is 11.8 Å². The summed E-state index contributed by atoms with van der Waals surface area (Å²) in [6.07, 6.45) is 0. The monoisotopic (exact) mass is 310 g/mol. The van der Waals surface area contributed by atoms with Gasteiger partial charge in [0.05, 0.1) is 19.6 Å². The number of quaternary nitrogens is 1. The summed E-state index contributed by atoms with van der Waals surface area (Å²) in [4.78, 5) is 30.7. The topological polar surface area (TPSA) is 55.9 Å². The van der Waals surface area contributed by atoms with E-state index in [-0.39, 0.29) is 11.9 Å². The molecule has 0 aromatic rings. The Hall–Kier alpha value is -1.34. The summed E-state index contributed by atoms with van der Waals surface area (Å²) in [6.45, 7) is 12.6. The molecular weight excluding hydrogens is 282 g/mol. The van der Waals surface area contributed by atoms with E-state index in [2.05, 4.69) is 10.2 Å². The van der Waals surface area contributed by atoms with E-state index in [4.69, 9.17) is 0 Å². The normalized spacial score (nSPS) is 31.2. The molecule has 0 atom stereocenters. The predicted octanol–water partition coefficient (Wildman–Crippen LogP) is -0.994. The van der Waals surface area contributed by atoms with Crippen LogP contribution in [0, 0.1) is 0 Å². The number of carbonyl (C=O) groups excluding carboxylic acids is 2. The van der Waals surface area contributed by atoms with Crippen molar-refractivity contribution in [2.24, 2.45) is 0 Å². The smallest absolute Gasteiger partial charge is 0.317 e. The van der Waals surface area contributed by atoms with Gasteiger partial charge in [-0.25, -0.2) is 4.79 Å². The first-order valence-electron chi connectivity index (χ1n) is 8.50. The molecule has 2 bridgehead atoms. The molecule has 0 spiro atoms. The minimum atomic E-state index is -0.0105. The lowest BCUT2D eigenvalue weighted by Crippen LogP contribution is -2.69. The summed E-state index contributed by atoms with van der Waals surface area (Å²) in [7, 11) is 0. The van der Waals surface area contributed by atoms with Crippen LogP contribution in [0.5, 0.6) is 0 Å². The summed E-state index contributed by atoms with van der Waals surface area (Å²) >= 11 is 0. The van der Waals surface area contributed by atoms with Gasteiger partial charge in [-0.1, -0.05) is 0 Å². The molecule has 0 unspecified atom stereocenters. The maximum absolute atomic E-state index is 12.6. The second-order valence-electron chi connectivity index (χ2n) is 6.72. The third-order valence-corrected chi connectivity index (χ3v) is 5.39. The maximum atomic E-state index is 12.6. The van der Waals surface area contributed by atoms with Crippen molar-refractivity contribution in [2.45, 2.75) is 6.92 Å². The van der Waals surface area contributed by atoms with Crippen LogP contribution in [0.25, 0.3) is 0 Å². The van der Waals surface area contributed by atoms with Crippen LogP contribution in [0.3, 0.4) is 0 Å². The zero-order chi connectivity index (χ0) is 15.6. The summed E-state index contributed by atoms with van der Waals surface area (Å²) in [5, 5.41) is 2.82. The number of hydrogen-bond donors (Lipinski definition) is 1. The van der Waals surface area contributed by atoms with Crippen LogP contribution < -0.4 is 5.32 Å². The largest absolute Gasteiger partial charge is 0.338 e. The summed E-state index contributed by atoms with van der Waals surface area (Å²) in [5.74, 6) is 0.269. The first-order valence-corrected chi connectivity index (χ1v) is 8.50. The Labute approximate surface area is 132 Å². The molecule has 0 radical (unpaired) electrons. The molecule has 4 rings (SSSR count). The van der Waals surface area contributed by atoms with E-state index in [0.29, 0.717) is 39.3 Å². The lowest BCUT2D eigenvalue weighted by Gasteiger charge is -2.50. The van der Waals surface area contributed by atoms with Gasteiger partial charge in [0.1, 0.15) is 0 Å². The van der Waals surface area contributed by atoms with E-state index < -0.39 is 0 Å². The van der Waals surface area contributed by atoms with E-state index in [1.165, 1.54) is 0 Å². The average molecular weight is 310 g/mol. The predicted molar refractivity (Wildman–Crippen MR) is 83.4 cm³/mol. The van der Waals surface area contributed by atoms with Crippen molar-refractivity contribution >= 4 is 11.9 Å². The molecule has 4 fully saturated rings. The molecule has 3 amide bonds. The quantitative estimate of drug-likeness (QED) is 0.681. The highest BCUT2D eigenvalue weighted by Gasteiger charge is 2.41. The molecule has 0 saturated carbocycles. The van der Waals surface area contributed by atoms with E-state index in [9.17, 15) is 9.59 Å². The Morgan fingerprint density at radius 1 is 0.909 bits per heavy atom. The SMILES string of the molecule is CCNC(=O)N1CCN(C(=O)C[N+]23CCN(CC2)CC3)CC1. The molecule has 4 heterocycles. The van der Waals surface area contributed by atoms with Gasteiger partial charge in [-0.15, -0.1) is 0 Å². The zero-order valence-electron chi connectivity index (χ0n) is 13.6. The Morgan fingerprint density at radius 2 is 1.45 bits per heavy atom. The summed E-state index contributed by atoms with van der Waals surface area (Å²) < 4.78 is 0.978. The number of hydrogen-bond acceptors (Lipinski definition) is 3. The molecule has 124 valence electrons. The molecule has 4 aliphatic heterocycles. The molecule has 7 nitrogen and oxygen atoms in total. The van der Waals surface area contributed by atoms with Crippen molar-refractivity contribution in [3.63, 3.8) is 0 Å². The third-order valence-electron chi connectivity index (χ3n) is 5.39. The number of nitrogens with one attached hydrogen (secondary N) is 1. The highest BCUT2D eigenvalue weighted by molar-refractivity contribution is 5.78. The van der Waals surface area contributed by atoms with Crippen LogP contribution in [-0.2, 0) is 4.79 Å². The second kappa shape index (κ2) is 6.42. The number of piperazine rings is 4. The van der Waals surface area contributed by atoms with Crippen molar-refractivity contribution < 1.29 is 14.1 Å². The first kappa shape index (κ1) is 15.6. The van der Waals surface area contributed by atoms with Crippen molar-refractivity contribution in [1.82, 2.24) is 20.0 Å². The molecule has 0 aromatic carbocycles. The van der Waals surface area contributed by atoms with Crippen molar-refractivity contribution in [2.75, 3.05) is 78.5 Å². The van der Waals surface area contributed by atoms with Gasteiger partial charge in [0.15, 0.2) is 6.54 Å². The summed E-state index contributed by atoms with van der Waals surface area (Å²) in [5.41, 5.74) is 0. The van der Waals surface area contributed by atoms with Gasteiger partial charge in [0.25, 0.3) is 5.91 Å². The molecular formula is C15H28N5O2+. The molecule has 22 heavy (non-hydrogen) atoms. The standard InChI is InChI=1S/C15H27N5O2/c1-2-16-15(22)19-5-3-18(4-6-19)14(21)13-20-10-7-17(8-11-20)9-12-20/h2-13H2,1H3/p+1. The van der Waals surface area contributed by atoms with E-state index in [1.54, 1.807) is 4.90 Å². The van der Waals surface area contributed by atoms with Crippen LogP contribution in [0.2, 0.25) is 0 Å². The minimum Gasteiger partial charge on any atom is -0.338 e. The highest BCUT2D eigenvalue weighted by Crippen LogP contribution is 2.19. The highest BCUT2D eigenvalue weighted by atomic mass is 16.2. The van der Waals surface area contributed by atoms with Gasteiger partial charge < -0.3 is 19.6 Å². The van der Waals surface area contributed by atoms with Gasteiger partial charge in [-0.2, -0.15) is 0 Å². The van der Waals surface area contributed by atoms with Gasteiger partial charge in [-0.05, 0) is 6.92 Å². The molecule has 0 aromatic heterocycles. The Morgan fingerprint density at radius 3 is 2.00 bits per heavy atom. The average Bonchev–Trinajstić information content (AvgIpc) is 2.56. The number of urea groups is 1. The van der Waals surface area contributed by atoms with Crippen molar-refractivity contribution in [1.29, 1.82) is 0 Å². The molecule has 7 heteroatoms. The van der Waals surface area contributed by atoms with Gasteiger partial charge in [0, 0.05) is 52.4 Å². The number of carbonyl (C=O) groups is 2. The van der Waals surface area contributed by atoms with Gasteiger partial charge >= 0.3 is 6.03 Å². The molecule has 1 N–H and O–H groups in total. The Bertz CT molecular complexity index is 412. The van der Waals surface area contributed by atoms with Crippen molar-refractivity contribution in [3.8, 4) is 0 Å². The number of rotatable bonds is 3. The molecule has 0 aliphatic carbocycles. The fraction of sp³-hybridized carbons (Fsp3) is 0.867. The van der Waals surface area contributed by atoms with Crippen molar-refractivity contribution in [3.05, 3.63) is 0 Å². The lowest BCUT2D eigenvalue weighted by atomic mass is 10.1. The fourth-order valence-corrected chi connectivity index (χ4v) is 3.78. The first-order chi connectivity index (χ1) is 10.6. The fourth-order valence-electron chi connectivity index (χ4n) is 3.78. The zero-order valence-corrected chi connectivity index (χ0v) is 13.6. The van der Waals surface area contributed by atoms with Gasteiger partial charge in [-0.3, -0.25) is 9.69 Å². The maximum Gasteiger partial charge on any atom is 0.317 e. The number of amides is 3. The lowest BCUT2D eigenvalue weighted by molar-refractivity contribution is -0.934. The number of fused-ring (bicyclic) bond motifs is 3. The van der Waals surface area contributed by atoms with Crippen LogP contribution in [0.4, 0.5) is 4.79 Å². The second-order valence-corrected chi connectivity index (χ2v) is 6.72. The molecule has 4 saturated heterocycles. The van der Waals surface area contributed by atoms with Crippen LogP contribution >= 0.6 is 0 Å². The molecule has 4 aliphatic rings. The third kappa shape index (κ3) is 3.20.